The molecule has 0 spiro atoms. The standard InChI is InChI=1S/C28H32N2O7/c1-4-15-37-21-8-5-19(6-9-21)26(31)24-25(20-7-10-22(34-2)23(18-20)35-3)30(28(33)27(24)32)12-11-29-13-16-36-17-14-29/h4-10,18,25,31H,1,11-17H2,2-3H3/b26-24-. The van der Waals surface area contributed by atoms with Crippen molar-refractivity contribution in [1.82, 2.24) is 9.80 Å². The zero-order valence-electron chi connectivity index (χ0n) is 21.1. The van der Waals surface area contributed by atoms with Gasteiger partial charge in [-0.15, -0.1) is 0 Å². The first-order valence-corrected chi connectivity index (χ1v) is 12.1. The largest absolute Gasteiger partial charge is 0.507 e. The van der Waals surface area contributed by atoms with E-state index in [9.17, 15) is 14.7 Å². The summed E-state index contributed by atoms with van der Waals surface area (Å²) in [4.78, 5) is 30.3. The van der Waals surface area contributed by atoms with E-state index in [1.807, 2.05) is 0 Å². The molecule has 9 heteroatoms. The van der Waals surface area contributed by atoms with Gasteiger partial charge in [-0.25, -0.2) is 0 Å². The topological polar surface area (TPSA) is 97.8 Å². The molecule has 0 aromatic heterocycles. The molecule has 2 saturated heterocycles. The van der Waals surface area contributed by atoms with Gasteiger partial charge in [0, 0.05) is 31.7 Å². The summed E-state index contributed by atoms with van der Waals surface area (Å²) in [7, 11) is 3.06. The molecule has 0 bridgehead atoms. The number of methoxy groups -OCH3 is 2. The Balaban J connectivity index is 1.74. The number of carbonyl (C=O) groups is 2. The van der Waals surface area contributed by atoms with E-state index in [0.717, 1.165) is 13.1 Å². The Hall–Kier alpha value is -3.82. The first-order valence-electron chi connectivity index (χ1n) is 12.1. The number of likely N-dealkylation sites (tertiary alicyclic amines) is 1. The normalized spacial score (nSPS) is 19.6. The number of ketones is 1. The lowest BCUT2D eigenvalue weighted by Crippen LogP contribution is -2.42. The number of benzene rings is 2. The lowest BCUT2D eigenvalue weighted by molar-refractivity contribution is -0.140. The van der Waals surface area contributed by atoms with E-state index in [1.54, 1.807) is 48.5 Å². The van der Waals surface area contributed by atoms with Crippen LogP contribution in [0.5, 0.6) is 17.2 Å². The van der Waals surface area contributed by atoms with E-state index in [-0.39, 0.29) is 11.3 Å². The lowest BCUT2D eigenvalue weighted by Gasteiger charge is -2.31. The van der Waals surface area contributed by atoms with Crippen LogP contribution in [0.3, 0.4) is 0 Å². The van der Waals surface area contributed by atoms with Crippen LogP contribution in [0.2, 0.25) is 0 Å². The van der Waals surface area contributed by atoms with E-state index < -0.39 is 17.7 Å². The molecule has 9 nitrogen and oxygen atoms in total. The monoisotopic (exact) mass is 508 g/mol. The molecule has 2 aliphatic heterocycles. The molecule has 2 heterocycles. The number of hydrogen-bond donors (Lipinski definition) is 1. The third kappa shape index (κ3) is 5.63. The minimum atomic E-state index is -0.794. The van der Waals surface area contributed by atoms with Crippen LogP contribution in [0, 0.1) is 0 Å². The number of Topliss-reactive ketones (excluding diaryl/α,β-unsaturated/α-hetero) is 1. The van der Waals surface area contributed by atoms with Crippen LogP contribution in [0.25, 0.3) is 5.76 Å². The molecule has 0 radical (unpaired) electrons. The third-order valence-corrected chi connectivity index (χ3v) is 6.52. The number of aliphatic hydroxyl groups excluding tert-OH is 1. The van der Waals surface area contributed by atoms with E-state index in [1.165, 1.54) is 19.1 Å². The van der Waals surface area contributed by atoms with Crippen molar-refractivity contribution in [2.75, 3.05) is 60.2 Å². The molecule has 0 saturated carbocycles. The number of rotatable bonds is 10. The summed E-state index contributed by atoms with van der Waals surface area (Å²) in [5.41, 5.74) is 1.06. The summed E-state index contributed by atoms with van der Waals surface area (Å²) >= 11 is 0. The molecule has 1 N–H and O–H groups in total. The SMILES string of the molecule is C=CCOc1ccc(/C(O)=C2/C(=O)C(=O)N(CCN3CCOCC3)C2c2ccc(OC)c(OC)c2)cc1. The molecule has 1 atom stereocenters. The summed E-state index contributed by atoms with van der Waals surface area (Å²) in [5.74, 6) is -0.0537. The molecule has 4 rings (SSSR count). The summed E-state index contributed by atoms with van der Waals surface area (Å²) in [5, 5.41) is 11.3. The van der Waals surface area contributed by atoms with Crippen molar-refractivity contribution in [3.05, 3.63) is 71.8 Å². The van der Waals surface area contributed by atoms with Crippen molar-refractivity contribution in [2.24, 2.45) is 0 Å². The fourth-order valence-corrected chi connectivity index (χ4v) is 4.57. The second-order valence-corrected chi connectivity index (χ2v) is 8.68. The second-order valence-electron chi connectivity index (χ2n) is 8.68. The molecule has 2 aliphatic rings. The van der Waals surface area contributed by atoms with E-state index >= 15 is 0 Å². The van der Waals surface area contributed by atoms with Gasteiger partial charge in [0.1, 0.15) is 18.1 Å². The highest BCUT2D eigenvalue weighted by atomic mass is 16.5. The number of carbonyl (C=O) groups excluding carboxylic acids is 2. The molecular weight excluding hydrogens is 476 g/mol. The Bertz CT molecular complexity index is 1170. The smallest absolute Gasteiger partial charge is 0.295 e. The van der Waals surface area contributed by atoms with E-state index in [2.05, 4.69) is 11.5 Å². The van der Waals surface area contributed by atoms with Crippen molar-refractivity contribution in [3.8, 4) is 17.2 Å². The van der Waals surface area contributed by atoms with Crippen LogP contribution < -0.4 is 14.2 Å². The Kier molecular flexibility index (Phi) is 8.47. The van der Waals surface area contributed by atoms with Crippen LogP contribution in [-0.2, 0) is 14.3 Å². The molecule has 1 amide bonds. The van der Waals surface area contributed by atoms with Gasteiger partial charge in [0.05, 0.1) is 39.0 Å². The summed E-state index contributed by atoms with van der Waals surface area (Å²) < 4.78 is 21.8. The summed E-state index contributed by atoms with van der Waals surface area (Å²) in [6.45, 7) is 7.64. The molecule has 2 aromatic rings. The van der Waals surface area contributed by atoms with Crippen LogP contribution in [0.4, 0.5) is 0 Å². The summed E-state index contributed by atoms with van der Waals surface area (Å²) in [6.07, 6.45) is 1.63. The van der Waals surface area contributed by atoms with Crippen molar-refractivity contribution < 1.29 is 33.6 Å². The molecule has 1 unspecified atom stereocenters. The Morgan fingerprint density at radius 2 is 1.76 bits per heavy atom. The average Bonchev–Trinajstić information content (AvgIpc) is 3.20. The van der Waals surface area contributed by atoms with Gasteiger partial charge in [0.25, 0.3) is 11.7 Å². The zero-order chi connectivity index (χ0) is 26.4. The minimum absolute atomic E-state index is 0.0268. The van der Waals surface area contributed by atoms with Crippen LogP contribution in [-0.4, -0.2) is 86.8 Å². The fourth-order valence-electron chi connectivity index (χ4n) is 4.57. The highest BCUT2D eigenvalue weighted by molar-refractivity contribution is 6.46. The van der Waals surface area contributed by atoms with Crippen molar-refractivity contribution in [3.63, 3.8) is 0 Å². The Labute approximate surface area is 216 Å². The molecule has 2 aromatic carbocycles. The number of amides is 1. The van der Waals surface area contributed by atoms with Crippen molar-refractivity contribution in [2.45, 2.75) is 6.04 Å². The molecular formula is C28H32N2O7. The highest BCUT2D eigenvalue weighted by Gasteiger charge is 2.46. The maximum absolute atomic E-state index is 13.3. The first kappa shape index (κ1) is 26.2. The van der Waals surface area contributed by atoms with Gasteiger partial charge in [-0.05, 0) is 42.0 Å². The molecule has 196 valence electrons. The van der Waals surface area contributed by atoms with E-state index in [4.69, 9.17) is 18.9 Å². The maximum Gasteiger partial charge on any atom is 0.295 e. The zero-order valence-corrected chi connectivity index (χ0v) is 21.1. The van der Waals surface area contributed by atoms with Gasteiger partial charge < -0.3 is 29.0 Å². The molecule has 0 aliphatic carbocycles. The predicted molar refractivity (Wildman–Crippen MR) is 138 cm³/mol. The van der Waals surface area contributed by atoms with E-state index in [0.29, 0.717) is 61.3 Å². The second kappa shape index (κ2) is 11.9. The first-order chi connectivity index (χ1) is 18.0. The van der Waals surface area contributed by atoms with Crippen LogP contribution >= 0.6 is 0 Å². The Morgan fingerprint density at radius 3 is 2.41 bits per heavy atom. The number of nitrogens with zero attached hydrogens (tertiary/aromatic N) is 2. The number of aliphatic hydroxyl groups is 1. The minimum Gasteiger partial charge on any atom is -0.507 e. The van der Waals surface area contributed by atoms with Gasteiger partial charge in [0.2, 0.25) is 0 Å². The number of hydrogen-bond acceptors (Lipinski definition) is 8. The maximum atomic E-state index is 13.3. The predicted octanol–water partition coefficient (Wildman–Crippen LogP) is 3.02. The third-order valence-electron chi connectivity index (χ3n) is 6.52. The average molecular weight is 509 g/mol. The van der Waals surface area contributed by atoms with Gasteiger partial charge in [-0.2, -0.15) is 0 Å². The highest BCUT2D eigenvalue weighted by Crippen LogP contribution is 2.42. The fraction of sp³-hybridized carbons (Fsp3) is 0.357. The number of ether oxygens (including phenoxy) is 4. The van der Waals surface area contributed by atoms with Crippen molar-refractivity contribution in [1.29, 1.82) is 0 Å². The molecule has 2 fully saturated rings. The quantitative estimate of drug-likeness (QED) is 0.226. The lowest BCUT2D eigenvalue weighted by atomic mass is 9.95. The van der Waals surface area contributed by atoms with Crippen molar-refractivity contribution >= 4 is 17.4 Å². The summed E-state index contributed by atoms with van der Waals surface area (Å²) in [6, 6.07) is 11.1. The van der Waals surface area contributed by atoms with Gasteiger partial charge in [0.15, 0.2) is 11.5 Å². The van der Waals surface area contributed by atoms with Crippen LogP contribution in [0.15, 0.2) is 60.7 Å². The van der Waals surface area contributed by atoms with Gasteiger partial charge >= 0.3 is 0 Å². The van der Waals surface area contributed by atoms with Crippen LogP contribution in [0.1, 0.15) is 17.2 Å². The van der Waals surface area contributed by atoms with Gasteiger partial charge in [-0.3, -0.25) is 14.5 Å². The number of morpholine rings is 1. The van der Waals surface area contributed by atoms with Gasteiger partial charge in [-0.1, -0.05) is 18.7 Å². The Morgan fingerprint density at radius 1 is 1.05 bits per heavy atom. The molecule has 37 heavy (non-hydrogen) atoms.